The highest BCUT2D eigenvalue weighted by Crippen LogP contribution is 2.23. The molecule has 0 atom stereocenters. The minimum atomic E-state index is -0.326. The number of carbonyl (C=O) groups excluding carboxylic acids is 1. The van der Waals surface area contributed by atoms with Gasteiger partial charge in [-0.2, -0.15) is 0 Å². The van der Waals surface area contributed by atoms with Crippen molar-refractivity contribution in [2.45, 2.75) is 19.9 Å². The molecule has 0 spiro atoms. The molecule has 0 unspecified atom stereocenters. The first kappa shape index (κ1) is 18.2. The Labute approximate surface area is 170 Å². The zero-order valence-electron chi connectivity index (χ0n) is 15.3. The highest BCUT2D eigenvalue weighted by Gasteiger charge is 2.14. The second-order valence-corrected chi connectivity index (χ2v) is 7.38. The lowest BCUT2D eigenvalue weighted by molar-refractivity contribution is 0.102. The van der Waals surface area contributed by atoms with Gasteiger partial charge in [0.05, 0.1) is 5.52 Å². The van der Waals surface area contributed by atoms with E-state index < -0.39 is 0 Å². The molecule has 0 bridgehead atoms. The van der Waals surface area contributed by atoms with Crippen LogP contribution in [0.2, 0.25) is 0 Å². The Morgan fingerprint density at radius 1 is 1.07 bits per heavy atom. The van der Waals surface area contributed by atoms with E-state index in [1.165, 1.54) is 0 Å². The van der Waals surface area contributed by atoms with Crippen molar-refractivity contribution in [1.29, 1.82) is 0 Å². The molecule has 1 aromatic carbocycles. The Bertz CT molecular complexity index is 1170. The lowest BCUT2D eigenvalue weighted by Crippen LogP contribution is -2.15. The number of fused-ring (bicyclic) bond motifs is 1. The molecule has 8 heteroatoms. The van der Waals surface area contributed by atoms with Crippen LogP contribution < -0.4 is 5.32 Å². The molecule has 28 heavy (non-hydrogen) atoms. The standard InChI is InChI=1S/C20H17BrN6O/c1-12(2)27-11-22-26-19(27)15-7-4-8-17(23-15)25-20(28)16-10-9-13-5-3-6-14(21)18(13)24-16/h3-12H,1-2H3,(H,23,25,28). The van der Waals surface area contributed by atoms with Crippen LogP contribution in [0.15, 0.2) is 59.3 Å². The van der Waals surface area contributed by atoms with E-state index in [4.69, 9.17) is 0 Å². The Hall–Kier alpha value is -3.13. The Morgan fingerprint density at radius 3 is 2.71 bits per heavy atom. The summed E-state index contributed by atoms with van der Waals surface area (Å²) in [7, 11) is 0. The van der Waals surface area contributed by atoms with Crippen LogP contribution in [0.1, 0.15) is 30.4 Å². The van der Waals surface area contributed by atoms with Crippen molar-refractivity contribution < 1.29 is 4.79 Å². The highest BCUT2D eigenvalue weighted by molar-refractivity contribution is 9.10. The van der Waals surface area contributed by atoms with Gasteiger partial charge in [-0.25, -0.2) is 9.97 Å². The summed E-state index contributed by atoms with van der Waals surface area (Å²) in [6.07, 6.45) is 1.67. The molecule has 0 aliphatic heterocycles. The van der Waals surface area contributed by atoms with Gasteiger partial charge in [0.2, 0.25) is 0 Å². The molecule has 0 saturated heterocycles. The molecule has 140 valence electrons. The number of benzene rings is 1. The summed E-state index contributed by atoms with van der Waals surface area (Å²) in [5.41, 5.74) is 1.69. The quantitative estimate of drug-likeness (QED) is 0.509. The van der Waals surface area contributed by atoms with Crippen LogP contribution in [-0.4, -0.2) is 30.6 Å². The first-order valence-electron chi connectivity index (χ1n) is 8.76. The number of carbonyl (C=O) groups is 1. The number of halogens is 1. The van der Waals surface area contributed by atoms with Crippen LogP contribution in [0.3, 0.4) is 0 Å². The van der Waals surface area contributed by atoms with Crippen molar-refractivity contribution in [2.75, 3.05) is 5.32 Å². The van der Waals surface area contributed by atoms with Gasteiger partial charge in [0.25, 0.3) is 5.91 Å². The number of amides is 1. The van der Waals surface area contributed by atoms with E-state index in [0.717, 1.165) is 15.4 Å². The fraction of sp³-hybridized carbons (Fsp3) is 0.150. The number of rotatable bonds is 4. The van der Waals surface area contributed by atoms with Gasteiger partial charge in [-0.15, -0.1) is 10.2 Å². The summed E-state index contributed by atoms with van der Waals surface area (Å²) in [5.74, 6) is 0.751. The second-order valence-electron chi connectivity index (χ2n) is 6.53. The summed E-state index contributed by atoms with van der Waals surface area (Å²) in [4.78, 5) is 21.7. The molecule has 3 aromatic heterocycles. The lowest BCUT2D eigenvalue weighted by atomic mass is 10.2. The van der Waals surface area contributed by atoms with E-state index in [1.807, 2.05) is 54.8 Å². The van der Waals surface area contributed by atoms with Gasteiger partial charge in [0, 0.05) is 15.9 Å². The Kier molecular flexibility index (Phi) is 4.87. The fourth-order valence-electron chi connectivity index (χ4n) is 2.85. The Morgan fingerprint density at radius 2 is 1.89 bits per heavy atom. The third kappa shape index (κ3) is 3.50. The molecule has 0 aliphatic rings. The van der Waals surface area contributed by atoms with Gasteiger partial charge in [0.1, 0.15) is 23.5 Å². The SMILES string of the molecule is CC(C)n1cnnc1-c1cccc(NC(=O)c2ccc3cccc(Br)c3n2)n1. The van der Waals surface area contributed by atoms with Crippen LogP contribution in [0, 0.1) is 0 Å². The van der Waals surface area contributed by atoms with Gasteiger partial charge >= 0.3 is 0 Å². The smallest absolute Gasteiger partial charge is 0.275 e. The van der Waals surface area contributed by atoms with Gasteiger partial charge < -0.3 is 9.88 Å². The van der Waals surface area contributed by atoms with Crippen molar-refractivity contribution in [3.05, 3.63) is 65.0 Å². The number of nitrogens with zero attached hydrogens (tertiary/aromatic N) is 5. The summed E-state index contributed by atoms with van der Waals surface area (Å²) in [6.45, 7) is 4.09. The average molecular weight is 437 g/mol. The van der Waals surface area contributed by atoms with Gasteiger partial charge in [-0.1, -0.05) is 24.3 Å². The summed E-state index contributed by atoms with van der Waals surface area (Å²) < 4.78 is 2.77. The molecule has 7 nitrogen and oxygen atoms in total. The Balaban J connectivity index is 1.62. The monoisotopic (exact) mass is 436 g/mol. The van der Waals surface area contributed by atoms with Crippen LogP contribution in [0.5, 0.6) is 0 Å². The van der Waals surface area contributed by atoms with Crippen LogP contribution >= 0.6 is 15.9 Å². The number of para-hydroxylation sites is 1. The third-order valence-electron chi connectivity index (χ3n) is 4.25. The van der Waals surface area contributed by atoms with Crippen LogP contribution in [-0.2, 0) is 0 Å². The first-order chi connectivity index (χ1) is 13.5. The lowest BCUT2D eigenvalue weighted by Gasteiger charge is -2.10. The number of hydrogen-bond acceptors (Lipinski definition) is 5. The van der Waals surface area contributed by atoms with Crippen molar-refractivity contribution in [1.82, 2.24) is 24.7 Å². The van der Waals surface area contributed by atoms with E-state index in [0.29, 0.717) is 23.0 Å². The largest absolute Gasteiger partial charge is 0.310 e. The highest BCUT2D eigenvalue weighted by atomic mass is 79.9. The fourth-order valence-corrected chi connectivity index (χ4v) is 3.32. The van der Waals surface area contributed by atoms with E-state index in [1.54, 1.807) is 18.5 Å². The van der Waals surface area contributed by atoms with Crippen LogP contribution in [0.4, 0.5) is 5.82 Å². The molecule has 1 N–H and O–H groups in total. The minimum Gasteiger partial charge on any atom is -0.310 e. The summed E-state index contributed by atoms with van der Waals surface area (Å²) in [6, 6.07) is 14.9. The van der Waals surface area contributed by atoms with Gasteiger partial charge in [0.15, 0.2) is 5.82 Å². The first-order valence-corrected chi connectivity index (χ1v) is 9.56. The maximum atomic E-state index is 12.7. The third-order valence-corrected chi connectivity index (χ3v) is 4.89. The topological polar surface area (TPSA) is 85.6 Å². The molecule has 0 fully saturated rings. The van der Waals surface area contributed by atoms with Crippen molar-refractivity contribution in [3.63, 3.8) is 0 Å². The summed E-state index contributed by atoms with van der Waals surface area (Å²) >= 11 is 3.48. The maximum absolute atomic E-state index is 12.7. The average Bonchev–Trinajstić information content (AvgIpc) is 3.18. The zero-order valence-corrected chi connectivity index (χ0v) is 16.9. The normalized spacial score (nSPS) is 11.1. The van der Waals surface area contributed by atoms with E-state index in [2.05, 4.69) is 41.4 Å². The molecule has 1 amide bonds. The van der Waals surface area contributed by atoms with Crippen molar-refractivity contribution in [3.8, 4) is 11.5 Å². The predicted octanol–water partition coefficient (Wildman–Crippen LogP) is 4.48. The zero-order chi connectivity index (χ0) is 19.7. The second kappa shape index (κ2) is 7.47. The number of aromatic nitrogens is 5. The molecule has 4 rings (SSSR count). The molecular weight excluding hydrogens is 420 g/mol. The minimum absolute atomic E-state index is 0.199. The molecule has 4 aromatic rings. The van der Waals surface area contributed by atoms with Crippen LogP contribution in [0.25, 0.3) is 22.4 Å². The van der Waals surface area contributed by atoms with E-state index in [-0.39, 0.29) is 11.9 Å². The van der Waals surface area contributed by atoms with Gasteiger partial charge in [-0.05, 0) is 54.0 Å². The molecule has 0 radical (unpaired) electrons. The maximum Gasteiger partial charge on any atom is 0.275 e. The number of nitrogens with one attached hydrogen (secondary N) is 1. The van der Waals surface area contributed by atoms with Crippen molar-refractivity contribution >= 4 is 38.6 Å². The number of anilines is 1. The predicted molar refractivity (Wildman–Crippen MR) is 111 cm³/mol. The van der Waals surface area contributed by atoms with Gasteiger partial charge in [-0.3, -0.25) is 4.79 Å². The number of pyridine rings is 2. The van der Waals surface area contributed by atoms with E-state index in [9.17, 15) is 4.79 Å². The summed E-state index contributed by atoms with van der Waals surface area (Å²) in [5, 5.41) is 11.9. The molecule has 3 heterocycles. The molecule has 0 saturated carbocycles. The molecule has 0 aliphatic carbocycles. The molecular formula is C20H17BrN6O. The number of hydrogen-bond donors (Lipinski definition) is 1. The van der Waals surface area contributed by atoms with E-state index >= 15 is 0 Å². The van der Waals surface area contributed by atoms with Crippen molar-refractivity contribution in [2.24, 2.45) is 0 Å².